The van der Waals surface area contributed by atoms with Gasteiger partial charge in [0.1, 0.15) is 6.04 Å². The van der Waals surface area contributed by atoms with Gasteiger partial charge in [-0.1, -0.05) is 23.7 Å². The first-order chi connectivity index (χ1) is 9.04. The van der Waals surface area contributed by atoms with Gasteiger partial charge < -0.3 is 9.84 Å². The molecule has 1 aliphatic rings. The number of nitrogens with zero attached hydrogens (tertiary/aromatic N) is 1. The highest BCUT2D eigenvalue weighted by atomic mass is 35.5. The highest BCUT2D eigenvalue weighted by molar-refractivity contribution is 6.30. The van der Waals surface area contributed by atoms with E-state index in [4.69, 9.17) is 16.7 Å². The summed E-state index contributed by atoms with van der Waals surface area (Å²) < 4.78 is 4.69. The smallest absolute Gasteiger partial charge is 0.410 e. The van der Waals surface area contributed by atoms with Crippen molar-refractivity contribution in [3.63, 3.8) is 0 Å². The Kier molecular flexibility index (Phi) is 3.95. The van der Waals surface area contributed by atoms with E-state index in [1.54, 1.807) is 24.3 Å². The van der Waals surface area contributed by atoms with E-state index in [0.29, 0.717) is 17.9 Å². The van der Waals surface area contributed by atoms with Crippen molar-refractivity contribution in [1.29, 1.82) is 0 Å². The van der Waals surface area contributed by atoms with Gasteiger partial charge in [-0.2, -0.15) is 0 Å². The minimum absolute atomic E-state index is 0.286. The maximum atomic E-state index is 11.8. The molecule has 5 nitrogen and oxygen atoms in total. The average Bonchev–Trinajstić information content (AvgIpc) is 2.83. The molecule has 1 fully saturated rings. The topological polar surface area (TPSA) is 66.8 Å². The number of aliphatic carboxylic acids is 1. The predicted molar refractivity (Wildman–Crippen MR) is 69.1 cm³/mol. The minimum atomic E-state index is -1.01. The van der Waals surface area contributed by atoms with Crippen LogP contribution in [0.5, 0.6) is 0 Å². The first-order valence-corrected chi connectivity index (χ1v) is 6.27. The number of likely N-dealkylation sites (tertiary alicyclic amines) is 1. The predicted octanol–water partition coefficient (Wildman–Crippen LogP) is 2.70. The van der Waals surface area contributed by atoms with Crippen LogP contribution in [-0.2, 0) is 9.53 Å². The van der Waals surface area contributed by atoms with Crippen molar-refractivity contribution in [2.45, 2.75) is 24.9 Å². The molecule has 0 unspecified atom stereocenters. The van der Waals surface area contributed by atoms with E-state index in [-0.39, 0.29) is 6.04 Å². The lowest BCUT2D eigenvalue weighted by Crippen LogP contribution is -2.41. The lowest BCUT2D eigenvalue weighted by atomic mass is 10.1. The highest BCUT2D eigenvalue weighted by Crippen LogP contribution is 2.37. The Morgan fingerprint density at radius 1 is 1.32 bits per heavy atom. The fraction of sp³-hybridized carbons (Fsp3) is 0.385. The number of rotatable bonds is 2. The third-order valence-electron chi connectivity index (χ3n) is 3.31. The number of methoxy groups -OCH3 is 1. The third-order valence-corrected chi connectivity index (χ3v) is 3.56. The Balaban J connectivity index is 2.31. The molecule has 2 atom stereocenters. The molecule has 1 aromatic rings. The van der Waals surface area contributed by atoms with Gasteiger partial charge in [0.15, 0.2) is 0 Å². The van der Waals surface area contributed by atoms with Crippen molar-refractivity contribution in [3.8, 4) is 0 Å². The van der Waals surface area contributed by atoms with Crippen molar-refractivity contribution in [1.82, 2.24) is 4.90 Å². The van der Waals surface area contributed by atoms with Crippen LogP contribution in [0.2, 0.25) is 5.02 Å². The van der Waals surface area contributed by atoms with Crippen LogP contribution < -0.4 is 0 Å². The van der Waals surface area contributed by atoms with Crippen LogP contribution in [0.1, 0.15) is 24.4 Å². The largest absolute Gasteiger partial charge is 0.480 e. The Morgan fingerprint density at radius 2 is 1.95 bits per heavy atom. The molecule has 1 heterocycles. The zero-order valence-electron chi connectivity index (χ0n) is 10.4. The molecule has 6 heteroatoms. The Labute approximate surface area is 115 Å². The molecule has 1 aliphatic heterocycles. The van der Waals surface area contributed by atoms with Crippen LogP contribution in [0.4, 0.5) is 4.79 Å². The van der Waals surface area contributed by atoms with Crippen LogP contribution in [0.3, 0.4) is 0 Å². The summed E-state index contributed by atoms with van der Waals surface area (Å²) in [6.45, 7) is 0. The number of carbonyl (C=O) groups is 2. The van der Waals surface area contributed by atoms with Crippen LogP contribution in [0.15, 0.2) is 24.3 Å². The molecule has 0 radical (unpaired) electrons. The Morgan fingerprint density at radius 3 is 2.47 bits per heavy atom. The number of amides is 1. The Hall–Kier alpha value is -1.75. The summed E-state index contributed by atoms with van der Waals surface area (Å²) in [7, 11) is 1.25. The molecular formula is C13H14ClNO4. The van der Waals surface area contributed by atoms with Gasteiger partial charge >= 0.3 is 12.1 Å². The number of hydrogen-bond donors (Lipinski definition) is 1. The van der Waals surface area contributed by atoms with E-state index in [1.165, 1.54) is 12.0 Å². The standard InChI is InChI=1S/C13H14ClNO4/c1-19-13(18)15-10(6-7-11(15)12(16)17)8-2-4-9(14)5-3-8/h2-5,10-11H,6-7H2,1H3,(H,16,17)/t10-,11+/m0/s1. The summed E-state index contributed by atoms with van der Waals surface area (Å²) in [6.07, 6.45) is 0.385. The molecule has 1 saturated heterocycles. The van der Waals surface area contributed by atoms with Gasteiger partial charge in [-0.25, -0.2) is 9.59 Å². The molecule has 2 rings (SSSR count). The molecular weight excluding hydrogens is 270 g/mol. The van der Waals surface area contributed by atoms with Crippen LogP contribution in [0, 0.1) is 0 Å². The number of hydrogen-bond acceptors (Lipinski definition) is 3. The number of benzene rings is 1. The molecule has 0 aliphatic carbocycles. The lowest BCUT2D eigenvalue weighted by Gasteiger charge is -2.27. The molecule has 1 N–H and O–H groups in total. The monoisotopic (exact) mass is 283 g/mol. The summed E-state index contributed by atoms with van der Waals surface area (Å²) in [5.74, 6) is -1.01. The molecule has 0 aromatic heterocycles. The van der Waals surface area contributed by atoms with Gasteiger partial charge in [-0.15, -0.1) is 0 Å². The zero-order valence-corrected chi connectivity index (χ0v) is 11.1. The van der Waals surface area contributed by atoms with Crippen molar-refractivity contribution >= 4 is 23.7 Å². The maximum absolute atomic E-state index is 11.8. The molecule has 0 bridgehead atoms. The summed E-state index contributed by atoms with van der Waals surface area (Å²) >= 11 is 5.82. The number of halogens is 1. The maximum Gasteiger partial charge on any atom is 0.410 e. The second-order valence-corrected chi connectivity index (χ2v) is 4.81. The number of carbonyl (C=O) groups excluding carboxylic acids is 1. The quantitative estimate of drug-likeness (QED) is 0.906. The van der Waals surface area contributed by atoms with E-state index in [2.05, 4.69) is 4.74 Å². The van der Waals surface area contributed by atoms with Crippen LogP contribution >= 0.6 is 11.6 Å². The summed E-state index contributed by atoms with van der Waals surface area (Å²) in [5.41, 5.74) is 0.860. The van der Waals surface area contributed by atoms with Crippen LogP contribution in [0.25, 0.3) is 0 Å². The first kappa shape index (κ1) is 13.7. The molecule has 1 aromatic carbocycles. The molecule has 102 valence electrons. The van der Waals surface area contributed by atoms with Crippen molar-refractivity contribution < 1.29 is 19.4 Å². The molecule has 0 saturated carbocycles. The van der Waals surface area contributed by atoms with Gasteiger partial charge in [0, 0.05) is 5.02 Å². The SMILES string of the molecule is COC(=O)N1[C@@H](C(=O)O)CC[C@H]1c1ccc(Cl)cc1. The number of carboxylic acids is 1. The number of ether oxygens (including phenoxy) is 1. The van der Waals surface area contributed by atoms with E-state index in [0.717, 1.165) is 5.56 Å². The van der Waals surface area contributed by atoms with Crippen molar-refractivity contribution in [2.75, 3.05) is 7.11 Å². The normalized spacial score (nSPS) is 22.3. The summed E-state index contributed by atoms with van der Waals surface area (Å²) in [6, 6.07) is 5.92. The van der Waals surface area contributed by atoms with Crippen molar-refractivity contribution in [3.05, 3.63) is 34.9 Å². The second kappa shape index (κ2) is 5.48. The van der Waals surface area contributed by atoms with E-state index in [9.17, 15) is 9.59 Å². The molecule has 19 heavy (non-hydrogen) atoms. The Bertz CT molecular complexity index is 488. The second-order valence-electron chi connectivity index (χ2n) is 4.38. The number of carboxylic acid groups (broad SMARTS) is 1. The first-order valence-electron chi connectivity index (χ1n) is 5.89. The van der Waals surface area contributed by atoms with Gasteiger partial charge in [0.25, 0.3) is 0 Å². The lowest BCUT2D eigenvalue weighted by molar-refractivity contribution is -0.142. The van der Waals surface area contributed by atoms with Crippen molar-refractivity contribution in [2.24, 2.45) is 0 Å². The summed E-state index contributed by atoms with van der Waals surface area (Å²) in [4.78, 5) is 24.3. The zero-order chi connectivity index (χ0) is 14.0. The van der Waals surface area contributed by atoms with E-state index < -0.39 is 18.1 Å². The average molecular weight is 284 g/mol. The molecule has 1 amide bonds. The molecule has 0 spiro atoms. The van der Waals surface area contributed by atoms with E-state index in [1.807, 2.05) is 0 Å². The van der Waals surface area contributed by atoms with Gasteiger partial charge in [-0.05, 0) is 30.5 Å². The minimum Gasteiger partial charge on any atom is -0.480 e. The highest BCUT2D eigenvalue weighted by Gasteiger charge is 2.42. The van der Waals surface area contributed by atoms with Gasteiger partial charge in [-0.3, -0.25) is 4.90 Å². The van der Waals surface area contributed by atoms with Crippen LogP contribution in [-0.4, -0.2) is 35.2 Å². The van der Waals surface area contributed by atoms with Gasteiger partial charge in [0.2, 0.25) is 0 Å². The summed E-state index contributed by atoms with van der Waals surface area (Å²) in [5, 5.41) is 9.76. The fourth-order valence-electron chi connectivity index (χ4n) is 2.43. The fourth-order valence-corrected chi connectivity index (χ4v) is 2.55. The van der Waals surface area contributed by atoms with E-state index >= 15 is 0 Å². The third kappa shape index (κ3) is 2.66. The van der Waals surface area contributed by atoms with Gasteiger partial charge in [0.05, 0.1) is 13.2 Å².